The minimum Gasteiger partial charge on any atom is -0.269 e. The number of hydrogen-bond donors (Lipinski definition) is 3. The van der Waals surface area contributed by atoms with E-state index in [0.29, 0.717) is 5.31 Å². The van der Waals surface area contributed by atoms with Gasteiger partial charge in [-0.1, -0.05) is 5.31 Å². The minimum atomic E-state index is -3.56. The largest absolute Gasteiger partial charge is 0.300 e. The topological polar surface area (TPSA) is 81.1 Å². The van der Waals surface area contributed by atoms with Crippen molar-refractivity contribution in [3.05, 3.63) is 0 Å². The number of nitrogens with two attached hydrogens (primary N) is 2. The Morgan fingerprint density at radius 2 is 1.83 bits per heavy atom. The van der Waals surface area contributed by atoms with E-state index >= 15 is 0 Å². The molecule has 0 saturated heterocycles. The third-order valence-electron chi connectivity index (χ3n) is 0.132. The molecule has 0 aliphatic carbocycles. The van der Waals surface area contributed by atoms with Crippen molar-refractivity contribution in [3.8, 4) is 0 Å². The molecular formula is H5FN3OP. The first kappa shape index (κ1) is 6.04. The van der Waals surface area contributed by atoms with Crippen molar-refractivity contribution in [2.24, 2.45) is 11.0 Å². The Labute approximate surface area is 34.2 Å². The van der Waals surface area contributed by atoms with Gasteiger partial charge in [-0.3, -0.25) is 15.6 Å². The molecule has 0 aromatic rings. The van der Waals surface area contributed by atoms with Gasteiger partial charge in [-0.2, -0.15) is 0 Å². The van der Waals surface area contributed by atoms with Crippen LogP contribution in [-0.4, -0.2) is 0 Å². The van der Waals surface area contributed by atoms with Crippen LogP contribution in [0, 0.1) is 0 Å². The summed E-state index contributed by atoms with van der Waals surface area (Å²) in [6.45, 7) is 0. The van der Waals surface area contributed by atoms with Crippen LogP contribution in [-0.2, 0) is 4.57 Å². The molecule has 0 unspecified atom stereocenters. The van der Waals surface area contributed by atoms with Gasteiger partial charge in [-0.15, -0.1) is 4.48 Å². The highest BCUT2D eigenvalue weighted by Gasteiger charge is 2.02. The van der Waals surface area contributed by atoms with E-state index in [0.717, 1.165) is 0 Å². The van der Waals surface area contributed by atoms with E-state index in [1.165, 1.54) is 0 Å². The highest BCUT2D eigenvalue weighted by molar-refractivity contribution is 7.56. The van der Waals surface area contributed by atoms with E-state index in [4.69, 9.17) is 0 Å². The maximum absolute atomic E-state index is 10.7. The number of hydrogen-bond acceptors (Lipinski definition) is 1. The quantitative estimate of drug-likeness (QED) is 0.316. The molecule has 0 saturated carbocycles. The molecule has 5 N–H and O–H groups in total. The van der Waals surface area contributed by atoms with E-state index in [2.05, 4.69) is 11.0 Å². The van der Waals surface area contributed by atoms with Gasteiger partial charge in [0.15, 0.2) is 0 Å². The van der Waals surface area contributed by atoms with Gasteiger partial charge >= 0.3 is 7.59 Å². The fraction of sp³-hybridized carbons (Fsp3) is 0. The van der Waals surface area contributed by atoms with E-state index in [1.54, 1.807) is 0 Å². The Bertz CT molecular complexity index is 74.9. The summed E-state index contributed by atoms with van der Waals surface area (Å²) in [5.74, 6) is 0. The smallest absolute Gasteiger partial charge is 0.269 e. The first-order valence-electron chi connectivity index (χ1n) is 1.11. The van der Waals surface area contributed by atoms with Crippen molar-refractivity contribution in [1.29, 1.82) is 0 Å². The fourth-order valence-corrected chi connectivity index (χ4v) is 0. The van der Waals surface area contributed by atoms with Crippen LogP contribution in [0.25, 0.3) is 0 Å². The molecule has 0 atom stereocenters. The van der Waals surface area contributed by atoms with Crippen LogP contribution < -0.4 is 16.3 Å². The zero-order valence-corrected chi connectivity index (χ0v) is 3.78. The van der Waals surface area contributed by atoms with E-state index in [9.17, 15) is 9.05 Å². The lowest BCUT2D eigenvalue weighted by Gasteiger charge is -1.94. The van der Waals surface area contributed by atoms with Crippen molar-refractivity contribution in [2.75, 3.05) is 0 Å². The van der Waals surface area contributed by atoms with Crippen LogP contribution in [0.1, 0.15) is 0 Å². The Kier molecular flexibility index (Phi) is 1.67. The van der Waals surface area contributed by atoms with Gasteiger partial charge in [0.05, 0.1) is 0 Å². The number of nitrogens with one attached hydrogen (secondary N) is 1. The lowest BCUT2D eigenvalue weighted by atomic mass is 13.7. The molecule has 0 rings (SSSR count). The van der Waals surface area contributed by atoms with Crippen LogP contribution >= 0.6 is 7.59 Å². The average molecular weight is 113 g/mol. The molecule has 0 bridgehead atoms. The summed E-state index contributed by atoms with van der Waals surface area (Å²) in [6, 6.07) is 0. The van der Waals surface area contributed by atoms with Crippen LogP contribution in [0.2, 0.25) is 0 Å². The zero-order valence-electron chi connectivity index (χ0n) is 2.89. The Balaban J connectivity index is 3.48. The summed E-state index contributed by atoms with van der Waals surface area (Å²) in [5.41, 5.74) is 8.76. The summed E-state index contributed by atoms with van der Waals surface area (Å²) in [5, 5.41) is 0.715. The standard InChI is InChI=1S/FH5N3OP/c1-4-6(2,3)5/h(H5,2,3,4,5). The van der Waals surface area contributed by atoms with E-state index < -0.39 is 7.59 Å². The Morgan fingerprint density at radius 1 is 1.67 bits per heavy atom. The third-order valence-corrected chi connectivity index (χ3v) is 0.396. The van der Waals surface area contributed by atoms with E-state index in [1.807, 2.05) is 0 Å². The van der Waals surface area contributed by atoms with Crippen LogP contribution in [0.5, 0.6) is 0 Å². The normalized spacial score (nSPS) is 11.8. The van der Waals surface area contributed by atoms with Gasteiger partial charge in [-0.25, -0.2) is 0 Å². The van der Waals surface area contributed by atoms with Gasteiger partial charge in [0.25, 0.3) is 0 Å². The highest BCUT2D eigenvalue weighted by Crippen LogP contribution is 2.15. The molecule has 6 heavy (non-hydrogen) atoms. The predicted octanol–water partition coefficient (Wildman–Crippen LogP) is -0.514. The molecule has 0 fully saturated rings. The van der Waals surface area contributed by atoms with E-state index in [-0.39, 0.29) is 0 Å². The summed E-state index contributed by atoms with van der Waals surface area (Å²) in [7, 11) is -3.56. The molecule has 0 aromatic carbocycles. The second-order valence-electron chi connectivity index (χ2n) is 0.794. The first-order valence-corrected chi connectivity index (χ1v) is 2.96. The van der Waals surface area contributed by atoms with Crippen LogP contribution in [0.15, 0.2) is 0 Å². The first-order chi connectivity index (χ1) is 2.56. The molecule has 0 aliphatic rings. The molecule has 4 nitrogen and oxygen atoms in total. The second kappa shape index (κ2) is 1.66. The van der Waals surface area contributed by atoms with Gasteiger partial charge in [0, 0.05) is 0 Å². The van der Waals surface area contributed by atoms with Crippen LogP contribution in [0.3, 0.4) is 0 Å². The van der Waals surface area contributed by atoms with Crippen molar-refractivity contribution in [3.63, 3.8) is 0 Å². The predicted molar refractivity (Wildman–Crippen MR) is 20.2 cm³/mol. The summed E-state index contributed by atoms with van der Waals surface area (Å²) in [4.78, 5) is 0. The number of halogens is 1. The summed E-state index contributed by atoms with van der Waals surface area (Å²) >= 11 is 0. The van der Waals surface area contributed by atoms with Gasteiger partial charge in [0.2, 0.25) is 0 Å². The molecule has 0 aliphatic heterocycles. The highest BCUT2D eigenvalue weighted by atomic mass is 31.2. The van der Waals surface area contributed by atoms with Gasteiger partial charge in [0.1, 0.15) is 0 Å². The second-order valence-corrected chi connectivity index (χ2v) is 2.38. The maximum Gasteiger partial charge on any atom is 0.300 e. The van der Waals surface area contributed by atoms with Gasteiger partial charge < -0.3 is 0 Å². The molecule has 0 aromatic heterocycles. The van der Waals surface area contributed by atoms with Crippen molar-refractivity contribution >= 4 is 7.59 Å². The molecule has 6 heteroatoms. The summed E-state index contributed by atoms with van der Waals surface area (Å²) < 4.78 is 20.4. The van der Waals surface area contributed by atoms with Gasteiger partial charge in [-0.05, 0) is 0 Å². The van der Waals surface area contributed by atoms with Crippen molar-refractivity contribution < 1.29 is 9.05 Å². The molecule has 0 amide bonds. The zero-order chi connectivity index (χ0) is 5.21. The SMILES string of the molecule is NP(N)(=O)NF. The summed E-state index contributed by atoms with van der Waals surface area (Å²) in [6.07, 6.45) is 0. The average Bonchev–Trinajstić information content (AvgIpc) is 1.35. The Morgan fingerprint density at radius 3 is 1.83 bits per heavy atom. The lowest BCUT2D eigenvalue weighted by Crippen LogP contribution is -2.14. The Hall–Kier alpha value is 0.0400. The molecular weight excluding hydrogens is 108 g/mol. The molecule has 38 valence electrons. The monoisotopic (exact) mass is 113 g/mol. The molecule has 0 spiro atoms. The minimum absolute atomic E-state index is 0.715. The van der Waals surface area contributed by atoms with Crippen molar-refractivity contribution in [1.82, 2.24) is 5.31 Å². The number of rotatable bonds is 1. The van der Waals surface area contributed by atoms with Crippen molar-refractivity contribution in [2.45, 2.75) is 0 Å². The maximum atomic E-state index is 10.7. The molecule has 0 radical (unpaired) electrons. The molecule has 0 heterocycles. The van der Waals surface area contributed by atoms with Crippen LogP contribution in [0.4, 0.5) is 4.48 Å². The third kappa shape index (κ3) is 4.04. The lowest BCUT2D eigenvalue weighted by molar-refractivity contribution is 0.424. The fourth-order valence-electron chi connectivity index (χ4n) is 0.